The Morgan fingerprint density at radius 3 is 2.52 bits per heavy atom. The summed E-state index contributed by atoms with van der Waals surface area (Å²) in [4.78, 5) is 22.3. The van der Waals surface area contributed by atoms with E-state index < -0.39 is 5.97 Å². The van der Waals surface area contributed by atoms with Gasteiger partial charge in [-0.1, -0.05) is 25.2 Å². The van der Waals surface area contributed by atoms with Crippen molar-refractivity contribution in [2.45, 2.75) is 40.0 Å². The fourth-order valence-electron chi connectivity index (χ4n) is 1.98. The summed E-state index contributed by atoms with van der Waals surface area (Å²) in [6, 6.07) is -0.313. The lowest BCUT2D eigenvalue weighted by Crippen LogP contribution is -2.31. The summed E-state index contributed by atoms with van der Waals surface area (Å²) in [5, 5.41) is 23.0. The highest BCUT2D eigenvalue weighted by atomic mass is 32.1. The minimum absolute atomic E-state index is 0.166. The number of nitrogens with one attached hydrogen (secondary N) is 2. The number of carbonyl (C=O) groups is 2. The van der Waals surface area contributed by atoms with Gasteiger partial charge in [-0.25, -0.2) is 4.79 Å². The number of carbonyl (C=O) groups excluding carboxylic acids is 1. The largest absolute Gasteiger partial charge is 0.481 e. The number of hydrogen-bond donors (Lipinski definition) is 3. The van der Waals surface area contributed by atoms with Gasteiger partial charge in [-0.3, -0.25) is 10.1 Å². The number of carboxylic acid groups (broad SMARTS) is 1. The molecule has 1 aromatic heterocycles. The Morgan fingerprint density at radius 2 is 2.00 bits per heavy atom. The molecule has 0 fully saturated rings. The van der Waals surface area contributed by atoms with Crippen molar-refractivity contribution in [2.75, 3.05) is 11.9 Å². The third-order valence-electron chi connectivity index (χ3n) is 3.22. The maximum Gasteiger partial charge on any atom is 0.321 e. The van der Waals surface area contributed by atoms with Crippen LogP contribution >= 0.6 is 11.3 Å². The van der Waals surface area contributed by atoms with Crippen molar-refractivity contribution in [2.24, 2.45) is 11.8 Å². The molecule has 0 bridgehead atoms. The number of nitrogens with zero attached hydrogens (tertiary/aromatic N) is 2. The third kappa shape index (κ3) is 7.03. The van der Waals surface area contributed by atoms with Crippen LogP contribution in [0.1, 0.15) is 38.1 Å². The fourth-order valence-corrected chi connectivity index (χ4v) is 2.57. The summed E-state index contributed by atoms with van der Waals surface area (Å²) in [6.07, 6.45) is 1.55. The zero-order valence-corrected chi connectivity index (χ0v) is 13.4. The van der Waals surface area contributed by atoms with E-state index in [1.54, 1.807) is 0 Å². The van der Waals surface area contributed by atoms with Crippen LogP contribution in [-0.4, -0.2) is 33.8 Å². The normalized spacial score (nSPS) is 12.2. The van der Waals surface area contributed by atoms with Crippen LogP contribution in [0.3, 0.4) is 0 Å². The highest BCUT2D eigenvalue weighted by molar-refractivity contribution is 7.15. The second-order valence-corrected chi connectivity index (χ2v) is 6.41. The van der Waals surface area contributed by atoms with Crippen molar-refractivity contribution in [1.82, 2.24) is 15.5 Å². The lowest BCUT2D eigenvalue weighted by atomic mass is 9.88. The minimum Gasteiger partial charge on any atom is -0.481 e. The molecule has 0 radical (unpaired) electrons. The Morgan fingerprint density at radius 1 is 1.29 bits per heavy atom. The first kappa shape index (κ1) is 17.4. The van der Waals surface area contributed by atoms with E-state index in [0.717, 1.165) is 11.4 Å². The van der Waals surface area contributed by atoms with Crippen LogP contribution in [0.15, 0.2) is 0 Å². The summed E-state index contributed by atoms with van der Waals surface area (Å²) in [7, 11) is 0. The van der Waals surface area contributed by atoms with Crippen LogP contribution in [0.5, 0.6) is 0 Å². The van der Waals surface area contributed by atoms with Crippen LogP contribution in [0, 0.1) is 18.8 Å². The Hall–Kier alpha value is -1.70. The van der Waals surface area contributed by atoms with Crippen molar-refractivity contribution in [3.05, 3.63) is 5.01 Å². The molecule has 2 amide bonds. The van der Waals surface area contributed by atoms with Crippen LogP contribution in [0.25, 0.3) is 0 Å². The molecule has 1 atom stereocenters. The van der Waals surface area contributed by atoms with Gasteiger partial charge in [0.25, 0.3) is 0 Å². The quantitative estimate of drug-likeness (QED) is 0.684. The first-order chi connectivity index (χ1) is 9.88. The summed E-state index contributed by atoms with van der Waals surface area (Å²) >= 11 is 1.31. The Bertz CT molecular complexity index is 476. The van der Waals surface area contributed by atoms with Crippen LogP contribution in [0.4, 0.5) is 9.93 Å². The highest BCUT2D eigenvalue weighted by Gasteiger charge is 2.15. The first-order valence-electron chi connectivity index (χ1n) is 6.95. The Labute approximate surface area is 128 Å². The predicted molar refractivity (Wildman–Crippen MR) is 81.5 cm³/mol. The molecule has 0 saturated carbocycles. The van der Waals surface area contributed by atoms with E-state index in [1.165, 1.54) is 11.3 Å². The van der Waals surface area contributed by atoms with Gasteiger partial charge in [-0.05, 0) is 31.6 Å². The average molecular weight is 314 g/mol. The highest BCUT2D eigenvalue weighted by Crippen LogP contribution is 2.20. The van der Waals surface area contributed by atoms with Crippen LogP contribution in [0.2, 0.25) is 0 Å². The van der Waals surface area contributed by atoms with Gasteiger partial charge in [0.2, 0.25) is 5.13 Å². The van der Waals surface area contributed by atoms with Gasteiger partial charge in [-0.15, -0.1) is 10.2 Å². The van der Waals surface area contributed by atoms with E-state index in [9.17, 15) is 9.59 Å². The smallest absolute Gasteiger partial charge is 0.321 e. The molecule has 0 aliphatic rings. The third-order valence-corrected chi connectivity index (χ3v) is 3.97. The van der Waals surface area contributed by atoms with Crippen molar-refractivity contribution in [3.63, 3.8) is 0 Å². The summed E-state index contributed by atoms with van der Waals surface area (Å²) < 4.78 is 0. The zero-order chi connectivity index (χ0) is 15.8. The first-order valence-corrected chi connectivity index (χ1v) is 7.77. The predicted octanol–water partition coefficient (Wildman–Crippen LogP) is 2.50. The maximum absolute atomic E-state index is 11.7. The van der Waals surface area contributed by atoms with E-state index in [-0.39, 0.29) is 18.4 Å². The number of hydrogen-bond acceptors (Lipinski definition) is 5. The van der Waals surface area contributed by atoms with Crippen molar-refractivity contribution in [3.8, 4) is 0 Å². The van der Waals surface area contributed by atoms with E-state index in [1.807, 2.05) is 6.92 Å². The number of amides is 2. The number of aryl methyl sites for hydroxylation is 1. The van der Waals surface area contributed by atoms with E-state index in [2.05, 4.69) is 34.7 Å². The molecule has 21 heavy (non-hydrogen) atoms. The number of rotatable bonds is 8. The molecule has 3 N–H and O–H groups in total. The molecule has 0 aromatic carbocycles. The topological polar surface area (TPSA) is 104 Å². The van der Waals surface area contributed by atoms with Crippen molar-refractivity contribution < 1.29 is 14.7 Å². The number of aromatic nitrogens is 2. The molecule has 1 unspecified atom stereocenters. The number of anilines is 1. The van der Waals surface area contributed by atoms with Gasteiger partial charge in [0.1, 0.15) is 5.01 Å². The molecule has 0 saturated heterocycles. The molecule has 0 aliphatic carbocycles. The van der Waals surface area contributed by atoms with Crippen molar-refractivity contribution >= 4 is 28.5 Å². The Balaban J connectivity index is 2.29. The van der Waals surface area contributed by atoms with Crippen LogP contribution < -0.4 is 10.6 Å². The van der Waals surface area contributed by atoms with Gasteiger partial charge in [0.15, 0.2) is 0 Å². The molecule has 8 heteroatoms. The summed E-state index contributed by atoms with van der Waals surface area (Å²) in [5.41, 5.74) is 0. The van der Waals surface area contributed by atoms with E-state index in [0.29, 0.717) is 24.0 Å². The second-order valence-electron chi connectivity index (χ2n) is 5.23. The molecule has 0 aliphatic heterocycles. The maximum atomic E-state index is 11.7. The van der Waals surface area contributed by atoms with Gasteiger partial charge in [0.05, 0.1) is 0 Å². The fraction of sp³-hybridized carbons (Fsp3) is 0.692. The Kier molecular flexibility index (Phi) is 7.07. The lowest BCUT2D eigenvalue weighted by molar-refractivity contribution is -0.137. The molecule has 1 heterocycles. The molecular formula is C13H22N4O3S. The standard InChI is InChI=1S/C13H22N4O3S/c1-8(2)10(4-5-11(18)19)6-7-14-12(20)15-13-17-16-9(3)21-13/h8,10H,4-7H2,1-3H3,(H,18,19)(H2,14,15,17,20). The number of carboxylic acids is 1. The molecule has 0 spiro atoms. The average Bonchev–Trinajstić information content (AvgIpc) is 2.78. The van der Waals surface area contributed by atoms with E-state index in [4.69, 9.17) is 5.11 Å². The lowest BCUT2D eigenvalue weighted by Gasteiger charge is -2.20. The van der Waals surface area contributed by atoms with Crippen molar-refractivity contribution in [1.29, 1.82) is 0 Å². The zero-order valence-electron chi connectivity index (χ0n) is 12.5. The van der Waals surface area contributed by atoms with Gasteiger partial charge < -0.3 is 10.4 Å². The van der Waals surface area contributed by atoms with Gasteiger partial charge in [-0.2, -0.15) is 0 Å². The SMILES string of the molecule is Cc1nnc(NC(=O)NCCC(CCC(=O)O)C(C)C)s1. The molecule has 1 aromatic rings. The second kappa shape index (κ2) is 8.56. The van der Waals surface area contributed by atoms with Gasteiger partial charge >= 0.3 is 12.0 Å². The monoisotopic (exact) mass is 314 g/mol. The van der Waals surface area contributed by atoms with Crippen LogP contribution in [-0.2, 0) is 4.79 Å². The molecule has 118 valence electrons. The van der Waals surface area contributed by atoms with E-state index >= 15 is 0 Å². The van der Waals surface area contributed by atoms with Gasteiger partial charge in [0, 0.05) is 13.0 Å². The number of urea groups is 1. The number of aliphatic carboxylic acids is 1. The molecular weight excluding hydrogens is 292 g/mol. The molecule has 1 rings (SSSR count). The summed E-state index contributed by atoms with van der Waals surface area (Å²) in [6.45, 7) is 6.45. The summed E-state index contributed by atoms with van der Waals surface area (Å²) in [5.74, 6) is -0.108. The minimum atomic E-state index is -0.780. The molecule has 7 nitrogen and oxygen atoms in total.